The number of nitrogens with zero attached hydrogens (tertiary/aromatic N) is 2. The fourth-order valence-corrected chi connectivity index (χ4v) is 9.96. The molecular weight excluding hydrogens is 670 g/mol. The molecule has 5 atom stereocenters. The van der Waals surface area contributed by atoms with E-state index in [1.54, 1.807) is 6.08 Å². The van der Waals surface area contributed by atoms with Gasteiger partial charge in [0.1, 0.15) is 11.7 Å². The summed E-state index contributed by atoms with van der Waals surface area (Å²) in [4.78, 5) is 0. The van der Waals surface area contributed by atoms with E-state index in [2.05, 4.69) is 49.7 Å². The molecule has 3 nitrogen and oxygen atoms in total. The van der Waals surface area contributed by atoms with E-state index in [0.29, 0.717) is 59.8 Å². The van der Waals surface area contributed by atoms with E-state index in [4.69, 9.17) is 11.6 Å². The van der Waals surface area contributed by atoms with Crippen molar-refractivity contribution in [3.05, 3.63) is 81.9 Å². The highest BCUT2D eigenvalue weighted by Gasteiger charge is 2.46. The normalized spacial score (nSPS) is 27.7. The minimum Gasteiger partial charge on any atom is -0.380 e. The van der Waals surface area contributed by atoms with Crippen molar-refractivity contribution in [1.82, 2.24) is 4.57 Å². The molecule has 2 aliphatic carbocycles. The minimum absolute atomic E-state index is 0.167. The van der Waals surface area contributed by atoms with Crippen LogP contribution in [0.25, 0.3) is 5.57 Å². The lowest BCUT2D eigenvalue weighted by Gasteiger charge is -2.28. The molecule has 1 N–H and O–H groups in total. The fourth-order valence-electron chi connectivity index (χ4n) is 9.65. The van der Waals surface area contributed by atoms with Gasteiger partial charge >= 0.3 is 0 Å². The van der Waals surface area contributed by atoms with E-state index in [1.807, 2.05) is 29.9 Å². The fraction of sp³-hybridized carbons (Fsp3) is 0.605. The first kappa shape index (κ1) is 37.9. The Labute approximate surface area is 307 Å². The van der Waals surface area contributed by atoms with Gasteiger partial charge in [0.05, 0.1) is 16.8 Å². The van der Waals surface area contributed by atoms with E-state index in [1.165, 1.54) is 50.5 Å². The summed E-state index contributed by atoms with van der Waals surface area (Å²) in [7, 11) is 0. The van der Waals surface area contributed by atoms with Gasteiger partial charge in [0, 0.05) is 36.2 Å². The smallest absolute Gasteiger partial charge is 0.215 e. The van der Waals surface area contributed by atoms with Gasteiger partial charge in [-0.2, -0.15) is 4.58 Å². The molecular formula is C43H57ClF4N3+. The van der Waals surface area contributed by atoms with Crippen molar-refractivity contribution in [2.45, 2.75) is 117 Å². The van der Waals surface area contributed by atoms with Crippen LogP contribution in [0.5, 0.6) is 0 Å². The first-order valence-corrected chi connectivity index (χ1v) is 20.2. The summed E-state index contributed by atoms with van der Waals surface area (Å²) in [6.07, 6.45) is 20.1. The number of fused-ring (bicyclic) bond motifs is 2. The number of rotatable bonds is 9. The maximum Gasteiger partial charge on any atom is 0.215 e. The number of benzene rings is 1. The lowest BCUT2D eigenvalue weighted by molar-refractivity contribution is -0.466. The van der Waals surface area contributed by atoms with E-state index in [-0.39, 0.29) is 24.1 Å². The predicted octanol–water partition coefficient (Wildman–Crippen LogP) is 12.2. The van der Waals surface area contributed by atoms with Gasteiger partial charge in [-0.3, -0.25) is 0 Å². The van der Waals surface area contributed by atoms with Crippen LogP contribution >= 0.6 is 11.6 Å². The summed E-state index contributed by atoms with van der Waals surface area (Å²) >= 11 is 6.84. The Hall–Kier alpha value is -2.80. The molecule has 6 rings (SSSR count). The molecule has 51 heavy (non-hydrogen) atoms. The van der Waals surface area contributed by atoms with Crippen LogP contribution in [-0.2, 0) is 0 Å². The van der Waals surface area contributed by atoms with Crippen molar-refractivity contribution in [2.24, 2.45) is 29.6 Å². The second-order valence-electron chi connectivity index (χ2n) is 15.9. The number of hydrogen-bond acceptors (Lipinski definition) is 1. The molecule has 0 saturated heterocycles. The standard InChI is InChI=1S/C43H56ClF4N3/c1-6-7-21-49-43-41(47)39(45)38(40(46)42(43)48)37-33-18-15-22-50(33)25-32(23-31(24-44)30-16-13-11-9-8-10-12-14-17-30)51-34(19-20-35(37)51)36-28(4)26(2)27(3)29(36)5/h15,18-20,22-23,26-30,32,36H,6-14,16-17,21,24-25H2,1-5H3/p+1/b31-23+. The molecule has 2 saturated carbocycles. The van der Waals surface area contributed by atoms with Crippen molar-refractivity contribution in [2.75, 3.05) is 24.3 Å². The highest BCUT2D eigenvalue weighted by molar-refractivity contribution is 6.19. The topological polar surface area (TPSA) is 20.0 Å². The highest BCUT2D eigenvalue weighted by Crippen LogP contribution is 2.53. The monoisotopic (exact) mass is 726 g/mol. The van der Waals surface area contributed by atoms with Gasteiger partial charge in [0.25, 0.3) is 0 Å². The predicted molar refractivity (Wildman–Crippen MR) is 203 cm³/mol. The zero-order chi connectivity index (χ0) is 36.4. The van der Waals surface area contributed by atoms with Gasteiger partial charge in [-0.15, -0.1) is 11.6 Å². The molecule has 3 heterocycles. The number of alkyl halides is 1. The molecule has 278 valence electrons. The van der Waals surface area contributed by atoms with Crippen LogP contribution in [0.15, 0.2) is 41.6 Å². The third kappa shape index (κ3) is 7.27. The Morgan fingerprint density at radius 3 is 2.06 bits per heavy atom. The first-order valence-electron chi connectivity index (χ1n) is 19.7. The van der Waals surface area contributed by atoms with Crippen LogP contribution in [0.2, 0.25) is 0 Å². The summed E-state index contributed by atoms with van der Waals surface area (Å²) in [6.45, 7) is 11.9. The van der Waals surface area contributed by atoms with Crippen LogP contribution in [0.4, 0.5) is 23.2 Å². The lowest BCUT2D eigenvalue weighted by Crippen LogP contribution is -2.25. The maximum absolute atomic E-state index is 16.4. The number of hydrogen-bond donors (Lipinski definition) is 1. The van der Waals surface area contributed by atoms with Gasteiger partial charge in [-0.05, 0) is 61.0 Å². The molecule has 0 radical (unpaired) electrons. The number of unbranched alkanes of at least 4 members (excludes halogenated alkanes) is 1. The molecule has 1 aromatic heterocycles. The summed E-state index contributed by atoms with van der Waals surface area (Å²) in [5.74, 6) is -2.87. The van der Waals surface area contributed by atoms with Crippen LogP contribution in [0, 0.1) is 52.9 Å². The number of allylic oxidation sites excluding steroid dienone is 3. The molecule has 2 aliphatic heterocycles. The van der Waals surface area contributed by atoms with E-state index < -0.39 is 34.5 Å². The zero-order valence-corrected chi connectivity index (χ0v) is 31.9. The second kappa shape index (κ2) is 16.5. The van der Waals surface area contributed by atoms with E-state index >= 15 is 17.6 Å². The molecule has 8 heteroatoms. The molecule has 0 bridgehead atoms. The largest absolute Gasteiger partial charge is 0.380 e. The van der Waals surface area contributed by atoms with Crippen LogP contribution in [0.1, 0.15) is 134 Å². The number of anilines is 1. The third-order valence-corrected chi connectivity index (χ3v) is 13.3. The Kier molecular flexibility index (Phi) is 12.3. The SMILES string of the molecule is CCCCNc1c(F)c(F)c(C2=C3C=CC=[N+]3CC(/C=C(\CCl)C3CCCCCCCCC3)n3c2ccc3C2C(C)C(C)C(C)C2C)c(F)c1F. The number of aromatic nitrogens is 1. The zero-order valence-electron chi connectivity index (χ0n) is 31.2. The molecule has 1 aromatic carbocycles. The van der Waals surface area contributed by atoms with Crippen molar-refractivity contribution in [3.8, 4) is 0 Å². The Balaban J connectivity index is 1.55. The van der Waals surface area contributed by atoms with E-state index in [9.17, 15) is 0 Å². The summed E-state index contributed by atoms with van der Waals surface area (Å²) in [6, 6.07) is 3.80. The van der Waals surface area contributed by atoms with Gasteiger partial charge in [-0.25, -0.2) is 17.6 Å². The van der Waals surface area contributed by atoms with E-state index in [0.717, 1.165) is 25.0 Å². The van der Waals surface area contributed by atoms with Crippen LogP contribution < -0.4 is 5.32 Å². The van der Waals surface area contributed by atoms with Gasteiger partial charge in [-0.1, -0.05) is 97.6 Å². The van der Waals surface area contributed by atoms with Crippen LogP contribution in [-0.4, -0.2) is 34.3 Å². The number of nitrogens with one attached hydrogen (secondary N) is 1. The van der Waals surface area contributed by atoms with Crippen molar-refractivity contribution < 1.29 is 22.1 Å². The van der Waals surface area contributed by atoms with Gasteiger partial charge in [0.2, 0.25) is 5.70 Å². The molecule has 0 spiro atoms. The second-order valence-corrected chi connectivity index (χ2v) is 16.1. The molecule has 4 aliphatic rings. The summed E-state index contributed by atoms with van der Waals surface area (Å²) in [5.41, 5.74) is 2.17. The molecule has 2 aromatic rings. The first-order chi connectivity index (χ1) is 24.6. The highest BCUT2D eigenvalue weighted by atomic mass is 35.5. The number of halogens is 5. The van der Waals surface area contributed by atoms with Crippen LogP contribution in [0.3, 0.4) is 0 Å². The molecule has 2 fully saturated rings. The third-order valence-electron chi connectivity index (χ3n) is 13.0. The Bertz CT molecular complexity index is 1650. The van der Waals surface area contributed by atoms with Gasteiger partial charge < -0.3 is 9.88 Å². The van der Waals surface area contributed by atoms with Crippen molar-refractivity contribution in [1.29, 1.82) is 0 Å². The van der Waals surface area contributed by atoms with Crippen molar-refractivity contribution >= 4 is 29.1 Å². The lowest BCUT2D eigenvalue weighted by atomic mass is 9.85. The Morgan fingerprint density at radius 1 is 0.863 bits per heavy atom. The van der Waals surface area contributed by atoms with Gasteiger partial charge in [0.15, 0.2) is 36.0 Å². The minimum atomic E-state index is -1.40. The summed E-state index contributed by atoms with van der Waals surface area (Å²) in [5, 5.41) is 2.61. The molecule has 0 amide bonds. The average Bonchev–Trinajstić information content (AvgIpc) is 3.80. The average molecular weight is 727 g/mol. The molecule has 5 unspecified atom stereocenters. The summed E-state index contributed by atoms with van der Waals surface area (Å²) < 4.78 is 68.7. The Morgan fingerprint density at radius 2 is 1.47 bits per heavy atom. The van der Waals surface area contributed by atoms with Crippen molar-refractivity contribution in [3.63, 3.8) is 0 Å². The quantitative estimate of drug-likeness (QED) is 0.0681. The maximum atomic E-state index is 16.4.